The van der Waals surface area contributed by atoms with Crippen LogP contribution in [0.3, 0.4) is 0 Å². The average molecular weight is 205 g/mol. The Morgan fingerprint density at radius 1 is 1.50 bits per heavy atom. The number of nitrogens with zero attached hydrogens (tertiary/aromatic N) is 3. The van der Waals surface area contributed by atoms with Crippen molar-refractivity contribution in [2.24, 2.45) is 0 Å². The Kier molecular flexibility index (Phi) is 1.81. The fourth-order valence-corrected chi connectivity index (χ4v) is 2.86. The molecule has 1 saturated carbocycles. The van der Waals surface area contributed by atoms with Gasteiger partial charge >= 0.3 is 0 Å². The van der Waals surface area contributed by atoms with Gasteiger partial charge < -0.3 is 0 Å². The molecule has 3 nitrogen and oxygen atoms in total. The van der Waals surface area contributed by atoms with E-state index in [1.54, 1.807) is 0 Å². The lowest BCUT2D eigenvalue weighted by atomic mass is 10.1. The Bertz CT molecular complexity index is 412. The van der Waals surface area contributed by atoms with Crippen LogP contribution in [0.5, 0.6) is 0 Å². The highest BCUT2D eigenvalue weighted by molar-refractivity contribution is 7.98. The highest BCUT2D eigenvalue weighted by Crippen LogP contribution is 2.38. The third-order valence-corrected chi connectivity index (χ3v) is 3.80. The van der Waals surface area contributed by atoms with Gasteiger partial charge in [0.2, 0.25) is 0 Å². The van der Waals surface area contributed by atoms with Crippen LogP contribution in [-0.2, 0) is 12.2 Å². The quantitative estimate of drug-likeness (QED) is 0.703. The predicted molar refractivity (Wildman–Crippen MR) is 55.1 cm³/mol. The van der Waals surface area contributed by atoms with Crippen molar-refractivity contribution in [1.29, 1.82) is 5.26 Å². The monoisotopic (exact) mass is 205 g/mol. The maximum atomic E-state index is 9.12. The summed E-state index contributed by atoms with van der Waals surface area (Å²) in [6.45, 7) is 0. The second-order valence-corrected chi connectivity index (χ2v) is 4.97. The zero-order valence-electron chi connectivity index (χ0n) is 7.86. The first-order valence-corrected chi connectivity index (χ1v) is 6.13. The zero-order valence-corrected chi connectivity index (χ0v) is 8.68. The van der Waals surface area contributed by atoms with Gasteiger partial charge in [0.25, 0.3) is 0 Å². The van der Waals surface area contributed by atoms with Crippen molar-refractivity contribution in [3.63, 3.8) is 0 Å². The average Bonchev–Trinajstić information content (AvgIpc) is 2.99. The molecule has 0 bridgehead atoms. The minimum absolute atomic E-state index is 0.528. The van der Waals surface area contributed by atoms with E-state index in [2.05, 4.69) is 11.2 Å². The number of thioether (sulfide) groups is 1. The molecule has 0 radical (unpaired) electrons. The van der Waals surface area contributed by atoms with Crippen LogP contribution >= 0.6 is 11.8 Å². The molecule has 1 fully saturated rings. The van der Waals surface area contributed by atoms with Gasteiger partial charge in [-0.15, -0.1) is 0 Å². The van der Waals surface area contributed by atoms with Crippen molar-refractivity contribution in [2.75, 3.05) is 5.75 Å². The molecule has 1 aromatic rings. The van der Waals surface area contributed by atoms with Gasteiger partial charge in [0.1, 0.15) is 11.8 Å². The largest absolute Gasteiger partial charge is 0.251 e. The SMILES string of the molecule is N#Cc1c2c(nn1C1CC1)CSCC2. The first-order valence-electron chi connectivity index (χ1n) is 4.98. The Morgan fingerprint density at radius 2 is 2.36 bits per heavy atom. The van der Waals surface area contributed by atoms with Crippen LogP contribution in [0.1, 0.15) is 35.8 Å². The Morgan fingerprint density at radius 3 is 3.07 bits per heavy atom. The molecule has 1 aliphatic carbocycles. The maximum absolute atomic E-state index is 9.12. The van der Waals surface area contributed by atoms with Crippen molar-refractivity contribution in [1.82, 2.24) is 9.78 Å². The molecule has 0 spiro atoms. The molecular weight excluding hydrogens is 194 g/mol. The molecule has 0 amide bonds. The number of hydrogen-bond acceptors (Lipinski definition) is 3. The molecule has 2 heterocycles. The molecule has 3 rings (SSSR count). The van der Waals surface area contributed by atoms with Crippen molar-refractivity contribution in [3.05, 3.63) is 17.0 Å². The number of aromatic nitrogens is 2. The van der Waals surface area contributed by atoms with Crippen molar-refractivity contribution < 1.29 is 0 Å². The Hall–Kier alpha value is -0.950. The predicted octanol–water partition coefficient (Wildman–Crippen LogP) is 1.88. The second kappa shape index (κ2) is 3.03. The number of fused-ring (bicyclic) bond motifs is 1. The van der Waals surface area contributed by atoms with Gasteiger partial charge in [0, 0.05) is 11.3 Å². The molecule has 72 valence electrons. The van der Waals surface area contributed by atoms with Crippen LogP contribution in [-0.4, -0.2) is 15.5 Å². The van der Waals surface area contributed by atoms with E-state index in [0.717, 1.165) is 29.3 Å². The van der Waals surface area contributed by atoms with Crippen LogP contribution in [0.25, 0.3) is 0 Å². The van der Waals surface area contributed by atoms with Gasteiger partial charge in [-0.05, 0) is 25.0 Å². The third kappa shape index (κ3) is 1.16. The van der Waals surface area contributed by atoms with Crippen LogP contribution in [0.4, 0.5) is 0 Å². The third-order valence-electron chi connectivity index (χ3n) is 2.83. The molecule has 1 aliphatic heterocycles. The van der Waals surface area contributed by atoms with E-state index in [4.69, 9.17) is 5.26 Å². The number of rotatable bonds is 1. The van der Waals surface area contributed by atoms with Gasteiger partial charge in [-0.2, -0.15) is 22.1 Å². The van der Waals surface area contributed by atoms with Crippen molar-refractivity contribution in [2.45, 2.75) is 31.1 Å². The number of hydrogen-bond donors (Lipinski definition) is 0. The summed E-state index contributed by atoms with van der Waals surface area (Å²) >= 11 is 1.92. The van der Waals surface area contributed by atoms with Crippen LogP contribution in [0.15, 0.2) is 0 Å². The van der Waals surface area contributed by atoms with Crippen molar-refractivity contribution in [3.8, 4) is 6.07 Å². The van der Waals surface area contributed by atoms with Gasteiger partial charge in [0.15, 0.2) is 0 Å². The molecule has 0 unspecified atom stereocenters. The summed E-state index contributed by atoms with van der Waals surface area (Å²) in [4.78, 5) is 0. The summed E-state index contributed by atoms with van der Waals surface area (Å²) in [5, 5.41) is 13.7. The minimum Gasteiger partial charge on any atom is -0.251 e. The van der Waals surface area contributed by atoms with Crippen molar-refractivity contribution >= 4 is 11.8 Å². The molecule has 0 saturated heterocycles. The van der Waals surface area contributed by atoms with E-state index in [-0.39, 0.29) is 0 Å². The zero-order chi connectivity index (χ0) is 9.54. The summed E-state index contributed by atoms with van der Waals surface area (Å²) in [6, 6.07) is 2.84. The highest BCUT2D eigenvalue weighted by atomic mass is 32.2. The molecule has 4 heteroatoms. The number of nitriles is 1. The second-order valence-electron chi connectivity index (χ2n) is 3.86. The van der Waals surface area contributed by atoms with Gasteiger partial charge in [0.05, 0.1) is 11.7 Å². The van der Waals surface area contributed by atoms with E-state index in [0.29, 0.717) is 6.04 Å². The van der Waals surface area contributed by atoms with E-state index >= 15 is 0 Å². The summed E-state index contributed by atoms with van der Waals surface area (Å²) < 4.78 is 1.97. The maximum Gasteiger partial charge on any atom is 0.142 e. The fourth-order valence-electron chi connectivity index (χ4n) is 1.94. The summed E-state index contributed by atoms with van der Waals surface area (Å²) in [7, 11) is 0. The molecule has 0 aromatic carbocycles. The lowest BCUT2D eigenvalue weighted by Crippen LogP contribution is -2.01. The summed E-state index contributed by atoms with van der Waals surface area (Å²) in [5.74, 6) is 2.13. The molecule has 2 aliphatic rings. The summed E-state index contributed by atoms with van der Waals surface area (Å²) in [6.07, 6.45) is 3.42. The normalized spacial score (nSPS) is 20.2. The van der Waals surface area contributed by atoms with E-state index in [1.165, 1.54) is 18.4 Å². The van der Waals surface area contributed by atoms with Gasteiger partial charge in [-0.25, -0.2) is 0 Å². The minimum atomic E-state index is 0.528. The van der Waals surface area contributed by atoms with Gasteiger partial charge in [-0.3, -0.25) is 4.68 Å². The van der Waals surface area contributed by atoms with Crippen LogP contribution in [0, 0.1) is 11.3 Å². The smallest absolute Gasteiger partial charge is 0.142 e. The van der Waals surface area contributed by atoms with Crippen LogP contribution < -0.4 is 0 Å². The van der Waals surface area contributed by atoms with Gasteiger partial charge in [-0.1, -0.05) is 0 Å². The molecule has 1 aromatic heterocycles. The lowest BCUT2D eigenvalue weighted by Gasteiger charge is -2.07. The molecule has 0 atom stereocenters. The Labute approximate surface area is 87.1 Å². The lowest BCUT2D eigenvalue weighted by molar-refractivity contribution is 0.627. The molecular formula is C10H11N3S. The molecule has 14 heavy (non-hydrogen) atoms. The van der Waals surface area contributed by atoms with Crippen LogP contribution in [0.2, 0.25) is 0 Å². The topological polar surface area (TPSA) is 41.6 Å². The van der Waals surface area contributed by atoms with E-state index < -0.39 is 0 Å². The van der Waals surface area contributed by atoms with E-state index in [9.17, 15) is 0 Å². The first kappa shape index (κ1) is 8.37. The van der Waals surface area contributed by atoms with E-state index in [1.807, 2.05) is 16.4 Å². The Balaban J connectivity index is 2.12. The standard InChI is InChI=1S/C10H11N3S/c11-5-10-8-3-4-14-6-9(8)12-13(10)7-1-2-7/h7H,1-4,6H2. The fraction of sp³-hybridized carbons (Fsp3) is 0.600. The first-order chi connectivity index (χ1) is 6.90. The summed E-state index contributed by atoms with van der Waals surface area (Å²) in [5.41, 5.74) is 3.21. The molecule has 0 N–H and O–H groups in total. The highest BCUT2D eigenvalue weighted by Gasteiger charge is 2.30.